The number of nitrogens with one attached hydrogen (secondary N) is 1. The van der Waals surface area contributed by atoms with E-state index in [-0.39, 0.29) is 52.2 Å². The Morgan fingerprint density at radius 2 is 1.74 bits per heavy atom. The summed E-state index contributed by atoms with van der Waals surface area (Å²) in [6.45, 7) is 8.70. The van der Waals surface area contributed by atoms with Crippen molar-refractivity contribution < 1.29 is 22.7 Å². The lowest BCUT2D eigenvalue weighted by atomic mass is 9.98. The lowest BCUT2D eigenvalue weighted by molar-refractivity contribution is -0.137. The van der Waals surface area contributed by atoms with Crippen molar-refractivity contribution >= 4 is 33.9 Å². The Bertz CT molecular complexity index is 1460. The number of halogens is 4. The summed E-state index contributed by atoms with van der Waals surface area (Å²) < 4.78 is 48.7. The van der Waals surface area contributed by atoms with E-state index in [0.29, 0.717) is 16.7 Å². The van der Waals surface area contributed by atoms with E-state index in [1.807, 2.05) is 0 Å². The Morgan fingerprint density at radius 3 is 2.37 bits per heavy atom. The van der Waals surface area contributed by atoms with E-state index < -0.39 is 34.6 Å². The molecule has 0 unspecified atom stereocenters. The van der Waals surface area contributed by atoms with Crippen molar-refractivity contribution in [2.24, 2.45) is 0 Å². The minimum absolute atomic E-state index is 0. The third kappa shape index (κ3) is 5.57. The minimum Gasteiger partial charge on any atom is -0.462 e. The van der Waals surface area contributed by atoms with Crippen LogP contribution in [0.1, 0.15) is 34.0 Å². The van der Waals surface area contributed by atoms with Crippen LogP contribution in [0.3, 0.4) is 0 Å². The smallest absolute Gasteiger partial charge is 0.418 e. The molecule has 1 aliphatic heterocycles. The number of esters is 1. The lowest BCUT2D eigenvalue weighted by Crippen LogP contribution is -2.46. The van der Waals surface area contributed by atoms with Crippen LogP contribution >= 0.6 is 17.0 Å². The van der Waals surface area contributed by atoms with Crippen molar-refractivity contribution in [1.29, 1.82) is 0 Å². The van der Waals surface area contributed by atoms with E-state index >= 15 is 0 Å². The molecule has 12 heteroatoms. The van der Waals surface area contributed by atoms with Gasteiger partial charge in [0.15, 0.2) is 0 Å². The number of carbonyl (C=O) groups is 1. The molecule has 3 aromatic rings. The normalized spacial score (nSPS) is 14.4. The molecule has 2 heterocycles. The van der Waals surface area contributed by atoms with Crippen LogP contribution in [0, 0.1) is 13.8 Å². The Morgan fingerprint density at radius 1 is 1.08 bits per heavy atom. The summed E-state index contributed by atoms with van der Waals surface area (Å²) in [5, 5.41) is 3.25. The van der Waals surface area contributed by atoms with Crippen LogP contribution < -0.4 is 16.6 Å². The third-order valence-corrected chi connectivity index (χ3v) is 6.66. The number of hydrogen-bond donors (Lipinski definition) is 1. The molecule has 0 saturated carbocycles. The molecule has 206 valence electrons. The van der Waals surface area contributed by atoms with E-state index in [1.54, 1.807) is 26.8 Å². The highest BCUT2D eigenvalue weighted by Crippen LogP contribution is 2.33. The van der Waals surface area contributed by atoms with Crippen LogP contribution in [0.5, 0.6) is 0 Å². The van der Waals surface area contributed by atoms with E-state index in [0.717, 1.165) is 38.3 Å². The van der Waals surface area contributed by atoms with Crippen LogP contribution in [-0.2, 0) is 17.5 Å². The van der Waals surface area contributed by atoms with Gasteiger partial charge >= 0.3 is 17.8 Å². The zero-order chi connectivity index (χ0) is 26.9. The van der Waals surface area contributed by atoms with Gasteiger partial charge in [-0.2, -0.15) is 13.2 Å². The molecule has 38 heavy (non-hydrogen) atoms. The number of para-hydroxylation sites is 1. The maximum absolute atomic E-state index is 13.9. The summed E-state index contributed by atoms with van der Waals surface area (Å²) in [5.41, 5.74) is -2.24. The average molecular weight is 599 g/mol. The summed E-state index contributed by atoms with van der Waals surface area (Å²) in [5.74, 6) is -0.639. The number of piperazine rings is 1. The fourth-order valence-electron chi connectivity index (χ4n) is 4.90. The monoisotopic (exact) mass is 598 g/mol. The number of benzene rings is 2. The molecule has 0 radical (unpaired) electrons. The molecule has 1 N–H and O–H groups in total. The van der Waals surface area contributed by atoms with Gasteiger partial charge in [0, 0.05) is 39.3 Å². The largest absolute Gasteiger partial charge is 0.462 e. The van der Waals surface area contributed by atoms with Gasteiger partial charge in [-0.15, -0.1) is 17.0 Å². The van der Waals surface area contributed by atoms with Gasteiger partial charge < -0.3 is 10.1 Å². The Labute approximate surface area is 227 Å². The van der Waals surface area contributed by atoms with E-state index in [4.69, 9.17) is 4.74 Å². The number of aryl methyl sites for hydroxylation is 2. The van der Waals surface area contributed by atoms with Gasteiger partial charge in [-0.3, -0.25) is 14.3 Å². The summed E-state index contributed by atoms with van der Waals surface area (Å²) in [6.07, 6.45) is -4.79. The molecule has 1 fully saturated rings. The number of nitrogens with zero attached hydrogens (tertiary/aromatic N) is 3. The highest BCUT2D eigenvalue weighted by Gasteiger charge is 2.35. The number of alkyl halides is 3. The fraction of sp³-hybridized carbons (Fsp3) is 0.423. The first-order valence-corrected chi connectivity index (χ1v) is 12.1. The fourth-order valence-corrected chi connectivity index (χ4v) is 4.90. The lowest BCUT2D eigenvalue weighted by Gasteiger charge is -2.28. The second-order valence-electron chi connectivity index (χ2n) is 8.99. The summed E-state index contributed by atoms with van der Waals surface area (Å²) >= 11 is 0. The Hall–Kier alpha value is -2.96. The van der Waals surface area contributed by atoms with E-state index in [1.165, 1.54) is 16.7 Å². The van der Waals surface area contributed by atoms with Crippen LogP contribution in [0.2, 0.25) is 0 Å². The van der Waals surface area contributed by atoms with Gasteiger partial charge in [0.2, 0.25) is 0 Å². The van der Waals surface area contributed by atoms with Gasteiger partial charge in [-0.1, -0.05) is 12.1 Å². The third-order valence-electron chi connectivity index (χ3n) is 6.66. The SMILES string of the molecule is Br.CCOC(=O)c1c(C)cc2c(c1C)c(=O)n(-c1ccccc1C(F)(F)F)c(=O)n2CCN1CCNCC1. The molecule has 0 amide bonds. The highest BCUT2D eigenvalue weighted by atomic mass is 79.9. The molecular formula is C26H30BrF3N4O4. The van der Waals surface area contributed by atoms with Crippen LogP contribution in [-0.4, -0.2) is 59.3 Å². The number of hydrogen-bond acceptors (Lipinski definition) is 6. The average Bonchev–Trinajstić information content (AvgIpc) is 2.84. The van der Waals surface area contributed by atoms with Crippen LogP contribution in [0.15, 0.2) is 39.9 Å². The molecule has 8 nitrogen and oxygen atoms in total. The van der Waals surface area contributed by atoms with E-state index in [9.17, 15) is 27.6 Å². The molecule has 1 saturated heterocycles. The van der Waals surface area contributed by atoms with Gasteiger partial charge in [-0.25, -0.2) is 14.2 Å². The molecule has 4 rings (SSSR count). The molecule has 0 aliphatic carbocycles. The van der Waals surface area contributed by atoms with Crippen LogP contribution in [0.25, 0.3) is 16.6 Å². The van der Waals surface area contributed by atoms with Crippen molar-refractivity contribution in [2.75, 3.05) is 39.3 Å². The van der Waals surface area contributed by atoms with Gasteiger partial charge in [0.25, 0.3) is 5.56 Å². The number of ether oxygens (including phenoxy) is 1. The number of aromatic nitrogens is 2. The highest BCUT2D eigenvalue weighted by molar-refractivity contribution is 8.93. The van der Waals surface area contributed by atoms with E-state index in [2.05, 4.69) is 10.2 Å². The number of carbonyl (C=O) groups excluding carboxylic acids is 1. The number of rotatable bonds is 6. The second-order valence-corrected chi connectivity index (χ2v) is 8.99. The maximum Gasteiger partial charge on any atom is 0.418 e. The topological polar surface area (TPSA) is 85.6 Å². The van der Waals surface area contributed by atoms with Crippen molar-refractivity contribution in [2.45, 2.75) is 33.5 Å². The summed E-state index contributed by atoms with van der Waals surface area (Å²) in [6, 6.07) is 6.05. The molecule has 1 aliphatic rings. The summed E-state index contributed by atoms with van der Waals surface area (Å²) in [7, 11) is 0. The standard InChI is InChI=1S/C26H29F3N4O4.BrH/c1-4-37-24(35)21-16(2)15-20-22(17(21)3)23(34)33(19-8-6-5-7-18(19)26(27,28)29)25(36)32(20)14-13-31-11-9-30-10-12-31;/h5-8,15,30H,4,9-14H2,1-3H3;1H. The van der Waals surface area contributed by atoms with Gasteiger partial charge in [0.1, 0.15) is 0 Å². The molecule has 0 atom stereocenters. The van der Waals surface area contributed by atoms with Crippen molar-refractivity contribution in [3.8, 4) is 5.69 Å². The van der Waals surface area contributed by atoms with Gasteiger partial charge in [-0.05, 0) is 50.1 Å². The first kappa shape index (κ1) is 29.6. The predicted molar refractivity (Wildman–Crippen MR) is 144 cm³/mol. The van der Waals surface area contributed by atoms with Crippen molar-refractivity contribution in [1.82, 2.24) is 19.4 Å². The Kier molecular flexibility index (Phi) is 9.21. The maximum atomic E-state index is 13.9. The number of fused-ring (bicyclic) bond motifs is 1. The quantitative estimate of drug-likeness (QED) is 0.438. The summed E-state index contributed by atoms with van der Waals surface area (Å²) in [4.78, 5) is 42.3. The first-order chi connectivity index (χ1) is 17.6. The molecule has 0 spiro atoms. The van der Waals surface area contributed by atoms with Crippen molar-refractivity contribution in [3.63, 3.8) is 0 Å². The molecule has 0 bridgehead atoms. The van der Waals surface area contributed by atoms with Crippen LogP contribution in [0.4, 0.5) is 13.2 Å². The zero-order valence-electron chi connectivity index (χ0n) is 21.4. The Balaban J connectivity index is 0.00000400. The molecule has 2 aromatic carbocycles. The molecule has 1 aromatic heterocycles. The van der Waals surface area contributed by atoms with Crippen molar-refractivity contribution in [3.05, 3.63) is 73.4 Å². The first-order valence-electron chi connectivity index (χ1n) is 12.1. The predicted octanol–water partition coefficient (Wildman–Crippen LogP) is 3.45. The van der Waals surface area contributed by atoms with Gasteiger partial charge in [0.05, 0.1) is 34.3 Å². The second kappa shape index (κ2) is 11.8. The minimum atomic E-state index is -4.79. The molecular weight excluding hydrogens is 569 g/mol. The zero-order valence-corrected chi connectivity index (χ0v) is 23.1.